The predicted molar refractivity (Wildman–Crippen MR) is 102 cm³/mol. The molecule has 0 atom stereocenters. The molecule has 144 valence electrons. The van der Waals surface area contributed by atoms with E-state index in [2.05, 4.69) is 15.8 Å². The third kappa shape index (κ3) is 8.50. The average Bonchev–Trinajstić information content (AvgIpc) is 2.59. The van der Waals surface area contributed by atoms with Crippen molar-refractivity contribution in [1.82, 2.24) is 10.7 Å². The van der Waals surface area contributed by atoms with Crippen LogP contribution in [-0.2, 0) is 9.59 Å². The van der Waals surface area contributed by atoms with E-state index in [4.69, 9.17) is 9.47 Å². The molecule has 0 spiro atoms. The number of nitrogens with zero attached hydrogens (tertiary/aromatic N) is 1. The molecule has 0 heterocycles. The quantitative estimate of drug-likeness (QED) is 0.359. The van der Waals surface area contributed by atoms with Gasteiger partial charge in [-0.05, 0) is 43.0 Å². The summed E-state index contributed by atoms with van der Waals surface area (Å²) in [4.78, 5) is 23.3. The minimum atomic E-state index is -0.463. The number of rotatable bonds is 11. The monoisotopic (exact) mass is 363 g/mol. The fourth-order valence-corrected chi connectivity index (χ4v) is 1.95. The molecule has 1 rings (SSSR count). The van der Waals surface area contributed by atoms with Crippen molar-refractivity contribution in [3.05, 3.63) is 23.8 Å². The highest BCUT2D eigenvalue weighted by Crippen LogP contribution is 2.28. The van der Waals surface area contributed by atoms with E-state index in [0.29, 0.717) is 37.2 Å². The zero-order chi connectivity index (χ0) is 19.4. The largest absolute Gasteiger partial charge is 0.490 e. The van der Waals surface area contributed by atoms with Crippen LogP contribution < -0.4 is 20.2 Å². The third-order valence-electron chi connectivity index (χ3n) is 3.16. The Kier molecular flexibility index (Phi) is 9.82. The normalized spacial score (nSPS) is 10.8. The molecule has 0 aliphatic rings. The van der Waals surface area contributed by atoms with Crippen molar-refractivity contribution in [2.24, 2.45) is 11.0 Å². The molecule has 2 amide bonds. The van der Waals surface area contributed by atoms with Crippen molar-refractivity contribution >= 4 is 18.0 Å². The van der Waals surface area contributed by atoms with Crippen LogP contribution in [0.2, 0.25) is 0 Å². The van der Waals surface area contributed by atoms with Crippen molar-refractivity contribution in [2.75, 3.05) is 19.8 Å². The van der Waals surface area contributed by atoms with Crippen molar-refractivity contribution in [3.8, 4) is 11.5 Å². The molecular weight excluding hydrogens is 334 g/mol. The van der Waals surface area contributed by atoms with Crippen molar-refractivity contribution in [3.63, 3.8) is 0 Å². The Morgan fingerprint density at radius 3 is 2.58 bits per heavy atom. The van der Waals surface area contributed by atoms with Gasteiger partial charge in [0.25, 0.3) is 0 Å². The lowest BCUT2D eigenvalue weighted by molar-refractivity contribution is -0.129. The first-order chi connectivity index (χ1) is 12.5. The highest BCUT2D eigenvalue weighted by Gasteiger charge is 2.09. The van der Waals surface area contributed by atoms with Gasteiger partial charge in [-0.3, -0.25) is 9.59 Å². The summed E-state index contributed by atoms with van der Waals surface area (Å²) in [7, 11) is 0. The van der Waals surface area contributed by atoms with Crippen molar-refractivity contribution in [2.45, 2.75) is 40.5 Å². The Hall–Kier alpha value is -2.57. The van der Waals surface area contributed by atoms with E-state index >= 15 is 0 Å². The fourth-order valence-electron chi connectivity index (χ4n) is 1.95. The summed E-state index contributed by atoms with van der Waals surface area (Å²) in [6.45, 7) is 9.58. The van der Waals surface area contributed by atoms with Gasteiger partial charge in [-0.15, -0.1) is 0 Å². The summed E-state index contributed by atoms with van der Waals surface area (Å²) in [5.74, 6) is 0.864. The fraction of sp³-hybridized carbons (Fsp3) is 0.526. The van der Waals surface area contributed by atoms with E-state index in [0.717, 1.165) is 12.0 Å². The number of carbonyl (C=O) groups excluding carboxylic acids is 2. The summed E-state index contributed by atoms with van der Waals surface area (Å²) < 4.78 is 11.2. The van der Waals surface area contributed by atoms with Crippen LogP contribution in [0.3, 0.4) is 0 Å². The number of ether oxygens (including phenoxy) is 2. The van der Waals surface area contributed by atoms with Gasteiger partial charge in [0.15, 0.2) is 11.5 Å². The first kappa shape index (κ1) is 21.5. The maximum absolute atomic E-state index is 11.7. The lowest BCUT2D eigenvalue weighted by atomic mass is 10.2. The van der Waals surface area contributed by atoms with E-state index in [1.807, 2.05) is 39.8 Å². The summed E-state index contributed by atoms with van der Waals surface area (Å²) >= 11 is 0. The molecular formula is C19H29N3O4. The minimum absolute atomic E-state index is 0.252. The molecule has 0 saturated heterocycles. The Morgan fingerprint density at radius 1 is 1.15 bits per heavy atom. The molecule has 7 heteroatoms. The molecule has 1 aromatic carbocycles. The van der Waals surface area contributed by atoms with Gasteiger partial charge in [0.1, 0.15) is 6.42 Å². The number of nitrogens with one attached hydrogen (secondary N) is 2. The molecule has 0 aromatic heterocycles. The number of hydrogen-bond acceptors (Lipinski definition) is 5. The SMILES string of the molecule is CCCOc1ccc(/C=N\NC(=O)CC(=O)NCC(C)C)cc1OCC. The second-order valence-corrected chi connectivity index (χ2v) is 6.16. The Labute approximate surface area is 155 Å². The Morgan fingerprint density at radius 2 is 1.92 bits per heavy atom. The number of hydrogen-bond donors (Lipinski definition) is 2. The minimum Gasteiger partial charge on any atom is -0.490 e. The summed E-state index contributed by atoms with van der Waals surface area (Å²) in [5.41, 5.74) is 3.10. The van der Waals surface area contributed by atoms with E-state index in [1.54, 1.807) is 6.07 Å². The van der Waals surface area contributed by atoms with Crippen LogP contribution in [0.15, 0.2) is 23.3 Å². The van der Waals surface area contributed by atoms with Gasteiger partial charge in [0.05, 0.1) is 19.4 Å². The van der Waals surface area contributed by atoms with E-state index in [9.17, 15) is 9.59 Å². The molecule has 0 aliphatic carbocycles. The molecule has 0 bridgehead atoms. The van der Waals surface area contributed by atoms with E-state index in [1.165, 1.54) is 6.21 Å². The molecule has 26 heavy (non-hydrogen) atoms. The predicted octanol–water partition coefficient (Wildman–Crippen LogP) is 2.49. The molecule has 0 aliphatic heterocycles. The van der Waals surface area contributed by atoms with Crippen LogP contribution in [0, 0.1) is 5.92 Å². The van der Waals surface area contributed by atoms with Crippen LogP contribution in [0.5, 0.6) is 11.5 Å². The van der Waals surface area contributed by atoms with Crippen LogP contribution in [0.4, 0.5) is 0 Å². The number of hydrazone groups is 1. The molecule has 0 unspecified atom stereocenters. The number of carbonyl (C=O) groups is 2. The zero-order valence-corrected chi connectivity index (χ0v) is 16.0. The first-order valence-electron chi connectivity index (χ1n) is 8.94. The van der Waals surface area contributed by atoms with Gasteiger partial charge < -0.3 is 14.8 Å². The molecule has 7 nitrogen and oxygen atoms in total. The summed E-state index contributed by atoms with van der Waals surface area (Å²) in [5, 5.41) is 6.57. The van der Waals surface area contributed by atoms with Crippen LogP contribution in [-0.4, -0.2) is 37.8 Å². The van der Waals surface area contributed by atoms with Crippen LogP contribution in [0.25, 0.3) is 0 Å². The molecule has 0 saturated carbocycles. The van der Waals surface area contributed by atoms with Gasteiger partial charge >= 0.3 is 0 Å². The van der Waals surface area contributed by atoms with Crippen LogP contribution >= 0.6 is 0 Å². The van der Waals surface area contributed by atoms with Crippen LogP contribution in [0.1, 0.15) is 46.1 Å². The smallest absolute Gasteiger partial charge is 0.249 e. The highest BCUT2D eigenvalue weighted by atomic mass is 16.5. The van der Waals surface area contributed by atoms with Gasteiger partial charge in [0, 0.05) is 6.54 Å². The Balaban J connectivity index is 2.57. The number of amides is 2. The maximum atomic E-state index is 11.7. The second-order valence-electron chi connectivity index (χ2n) is 6.16. The highest BCUT2D eigenvalue weighted by molar-refractivity contribution is 5.97. The standard InChI is InChI=1S/C19H29N3O4/c1-5-9-26-16-8-7-15(10-17(16)25-6-2)13-21-22-19(24)11-18(23)20-12-14(3)4/h7-8,10,13-14H,5-6,9,11-12H2,1-4H3,(H,20,23)(H,22,24)/b21-13-. The van der Waals surface area contributed by atoms with Gasteiger partial charge in [0.2, 0.25) is 11.8 Å². The third-order valence-corrected chi connectivity index (χ3v) is 3.16. The zero-order valence-electron chi connectivity index (χ0n) is 16.0. The lowest BCUT2D eigenvalue weighted by Crippen LogP contribution is -2.32. The van der Waals surface area contributed by atoms with Gasteiger partial charge in [-0.25, -0.2) is 5.43 Å². The summed E-state index contributed by atoms with van der Waals surface area (Å²) in [6.07, 6.45) is 2.15. The molecule has 2 N–H and O–H groups in total. The molecule has 0 radical (unpaired) electrons. The van der Waals surface area contributed by atoms with Crippen molar-refractivity contribution in [1.29, 1.82) is 0 Å². The molecule has 0 fully saturated rings. The van der Waals surface area contributed by atoms with Gasteiger partial charge in [-0.2, -0.15) is 5.10 Å². The molecule has 1 aromatic rings. The maximum Gasteiger partial charge on any atom is 0.249 e. The van der Waals surface area contributed by atoms with Crippen molar-refractivity contribution < 1.29 is 19.1 Å². The van der Waals surface area contributed by atoms with E-state index in [-0.39, 0.29) is 12.3 Å². The average molecular weight is 363 g/mol. The number of benzene rings is 1. The first-order valence-corrected chi connectivity index (χ1v) is 8.94. The second kappa shape index (κ2) is 11.9. The topological polar surface area (TPSA) is 89.0 Å². The van der Waals surface area contributed by atoms with E-state index < -0.39 is 5.91 Å². The lowest BCUT2D eigenvalue weighted by Gasteiger charge is -2.11. The van der Waals surface area contributed by atoms with Gasteiger partial charge in [-0.1, -0.05) is 20.8 Å². The summed E-state index contributed by atoms with van der Waals surface area (Å²) in [6, 6.07) is 5.42. The Bertz CT molecular complexity index is 615.